The van der Waals surface area contributed by atoms with E-state index in [0.717, 1.165) is 6.42 Å². The topological polar surface area (TPSA) is 76.4 Å². The zero-order valence-corrected chi connectivity index (χ0v) is 12.3. The molecule has 2 unspecified atom stereocenters. The number of hydrogen-bond donors (Lipinski definition) is 3. The van der Waals surface area contributed by atoms with E-state index in [1.54, 1.807) is 12.1 Å². The number of nitrogens with one attached hydrogen (secondary N) is 2. The number of benzene rings is 1. The standard InChI is InChI=1S/C15H23N3O2/c1-4-20-13-9-12(15(13,2)3)17-14(19)10-7-5-6-8-11(10)18-16/h5-8,12-13,18H,4,9,16H2,1-3H3,(H,17,19). The summed E-state index contributed by atoms with van der Waals surface area (Å²) in [5.74, 6) is 5.33. The Morgan fingerprint density at radius 1 is 1.45 bits per heavy atom. The minimum Gasteiger partial charge on any atom is -0.378 e. The SMILES string of the molecule is CCOC1CC(NC(=O)c2ccccc2NN)C1(C)C. The number of ether oxygens (including phenoxy) is 1. The van der Waals surface area contributed by atoms with E-state index in [2.05, 4.69) is 24.6 Å². The molecule has 0 heterocycles. The molecule has 2 atom stereocenters. The lowest BCUT2D eigenvalue weighted by molar-refractivity contribution is -0.111. The number of nitrogen functional groups attached to an aromatic ring is 1. The van der Waals surface area contributed by atoms with E-state index >= 15 is 0 Å². The lowest BCUT2D eigenvalue weighted by atomic mass is 9.64. The Morgan fingerprint density at radius 2 is 2.15 bits per heavy atom. The van der Waals surface area contributed by atoms with E-state index in [-0.39, 0.29) is 23.5 Å². The molecule has 4 N–H and O–H groups in total. The van der Waals surface area contributed by atoms with Gasteiger partial charge in [-0.25, -0.2) is 0 Å². The van der Waals surface area contributed by atoms with Gasteiger partial charge in [-0.1, -0.05) is 26.0 Å². The molecule has 0 spiro atoms. The van der Waals surface area contributed by atoms with Crippen LogP contribution in [0.5, 0.6) is 0 Å². The molecule has 1 aromatic carbocycles. The van der Waals surface area contributed by atoms with Crippen molar-refractivity contribution in [2.24, 2.45) is 11.3 Å². The molecule has 20 heavy (non-hydrogen) atoms. The Morgan fingerprint density at radius 3 is 2.75 bits per heavy atom. The van der Waals surface area contributed by atoms with E-state index in [0.29, 0.717) is 17.9 Å². The summed E-state index contributed by atoms with van der Waals surface area (Å²) in [6.07, 6.45) is 1.06. The molecule has 5 nitrogen and oxygen atoms in total. The maximum atomic E-state index is 12.3. The molecule has 1 fully saturated rings. The van der Waals surface area contributed by atoms with Gasteiger partial charge in [0, 0.05) is 18.1 Å². The first-order valence-corrected chi connectivity index (χ1v) is 6.98. The van der Waals surface area contributed by atoms with Gasteiger partial charge in [-0.05, 0) is 25.5 Å². The van der Waals surface area contributed by atoms with Crippen molar-refractivity contribution in [3.8, 4) is 0 Å². The van der Waals surface area contributed by atoms with E-state index in [1.807, 2.05) is 19.1 Å². The zero-order chi connectivity index (χ0) is 14.8. The van der Waals surface area contributed by atoms with Gasteiger partial charge in [0.15, 0.2) is 0 Å². The molecule has 0 bridgehead atoms. The Balaban J connectivity index is 2.03. The third-order valence-corrected chi connectivity index (χ3v) is 4.18. The molecule has 2 rings (SSSR count). The molecule has 1 aliphatic carbocycles. The number of nitrogens with two attached hydrogens (primary N) is 1. The number of rotatable bonds is 5. The Kier molecular flexibility index (Phi) is 4.30. The first-order valence-electron chi connectivity index (χ1n) is 6.98. The van der Waals surface area contributed by atoms with E-state index in [4.69, 9.17) is 10.6 Å². The van der Waals surface area contributed by atoms with Crippen LogP contribution in [0.4, 0.5) is 5.69 Å². The average Bonchev–Trinajstić information content (AvgIpc) is 2.46. The summed E-state index contributed by atoms with van der Waals surface area (Å²) in [6, 6.07) is 7.33. The Labute approximate surface area is 119 Å². The van der Waals surface area contributed by atoms with Gasteiger partial charge < -0.3 is 15.5 Å². The summed E-state index contributed by atoms with van der Waals surface area (Å²) in [7, 11) is 0. The van der Waals surface area contributed by atoms with Crippen LogP contribution in [0, 0.1) is 5.41 Å². The molecule has 0 aliphatic heterocycles. The van der Waals surface area contributed by atoms with Gasteiger partial charge >= 0.3 is 0 Å². The molecule has 1 aliphatic rings. The van der Waals surface area contributed by atoms with E-state index in [9.17, 15) is 4.79 Å². The molecular weight excluding hydrogens is 254 g/mol. The number of anilines is 1. The van der Waals surface area contributed by atoms with Gasteiger partial charge in [-0.3, -0.25) is 10.6 Å². The Bertz CT molecular complexity index is 488. The molecule has 0 saturated heterocycles. The highest BCUT2D eigenvalue weighted by Crippen LogP contribution is 2.42. The molecular formula is C15H23N3O2. The van der Waals surface area contributed by atoms with Crippen LogP contribution in [0.3, 0.4) is 0 Å². The number of hydrogen-bond acceptors (Lipinski definition) is 4. The molecule has 1 amide bonds. The van der Waals surface area contributed by atoms with Crippen LogP contribution in [0.25, 0.3) is 0 Å². The summed E-state index contributed by atoms with van der Waals surface area (Å²) in [4.78, 5) is 12.3. The average molecular weight is 277 g/mol. The summed E-state index contributed by atoms with van der Waals surface area (Å²) in [6.45, 7) is 6.93. The van der Waals surface area contributed by atoms with Crippen molar-refractivity contribution in [2.75, 3.05) is 12.0 Å². The second-order valence-corrected chi connectivity index (χ2v) is 5.72. The minimum atomic E-state index is -0.105. The van der Waals surface area contributed by atoms with Crippen LogP contribution in [-0.4, -0.2) is 24.7 Å². The van der Waals surface area contributed by atoms with Crippen LogP contribution in [0.2, 0.25) is 0 Å². The monoisotopic (exact) mass is 277 g/mol. The summed E-state index contributed by atoms with van der Waals surface area (Å²) in [5.41, 5.74) is 3.69. The highest BCUT2D eigenvalue weighted by molar-refractivity contribution is 5.99. The number of hydrazine groups is 1. The van der Waals surface area contributed by atoms with E-state index < -0.39 is 0 Å². The fourth-order valence-corrected chi connectivity index (χ4v) is 2.66. The molecule has 0 aromatic heterocycles. The van der Waals surface area contributed by atoms with Crippen molar-refractivity contribution < 1.29 is 9.53 Å². The fraction of sp³-hybridized carbons (Fsp3) is 0.533. The van der Waals surface area contributed by atoms with Crippen LogP contribution in [0.15, 0.2) is 24.3 Å². The van der Waals surface area contributed by atoms with Crippen LogP contribution in [0.1, 0.15) is 37.6 Å². The lowest BCUT2D eigenvalue weighted by Crippen LogP contribution is -2.62. The second-order valence-electron chi connectivity index (χ2n) is 5.72. The third kappa shape index (κ3) is 2.64. The number of para-hydroxylation sites is 1. The van der Waals surface area contributed by atoms with Gasteiger partial charge in [0.2, 0.25) is 0 Å². The quantitative estimate of drug-likeness (QED) is 0.567. The molecule has 5 heteroatoms. The Hall–Kier alpha value is -1.59. The number of carbonyl (C=O) groups excluding carboxylic acids is 1. The predicted octanol–water partition coefficient (Wildman–Crippen LogP) is 1.91. The maximum Gasteiger partial charge on any atom is 0.253 e. The van der Waals surface area contributed by atoms with Crippen LogP contribution >= 0.6 is 0 Å². The van der Waals surface area contributed by atoms with Crippen LogP contribution < -0.4 is 16.6 Å². The number of carbonyl (C=O) groups is 1. The first-order chi connectivity index (χ1) is 9.50. The molecule has 1 saturated carbocycles. The molecule has 110 valence electrons. The lowest BCUT2D eigenvalue weighted by Gasteiger charge is -2.51. The normalized spacial score (nSPS) is 23.8. The van der Waals surface area contributed by atoms with Gasteiger partial charge in [0.05, 0.1) is 17.4 Å². The zero-order valence-electron chi connectivity index (χ0n) is 12.3. The van der Waals surface area contributed by atoms with Gasteiger partial charge in [0.25, 0.3) is 5.91 Å². The van der Waals surface area contributed by atoms with Crippen molar-refractivity contribution >= 4 is 11.6 Å². The van der Waals surface area contributed by atoms with Crippen molar-refractivity contribution in [1.82, 2.24) is 5.32 Å². The van der Waals surface area contributed by atoms with Crippen LogP contribution in [-0.2, 0) is 4.74 Å². The molecule has 0 radical (unpaired) electrons. The smallest absolute Gasteiger partial charge is 0.253 e. The summed E-state index contributed by atoms with van der Waals surface area (Å²) in [5, 5.41) is 3.07. The predicted molar refractivity (Wildman–Crippen MR) is 79.3 cm³/mol. The van der Waals surface area contributed by atoms with Crippen molar-refractivity contribution in [3.05, 3.63) is 29.8 Å². The first kappa shape index (κ1) is 14.8. The largest absolute Gasteiger partial charge is 0.378 e. The third-order valence-electron chi connectivity index (χ3n) is 4.18. The fourth-order valence-electron chi connectivity index (χ4n) is 2.66. The van der Waals surface area contributed by atoms with Gasteiger partial charge in [-0.15, -0.1) is 0 Å². The highest BCUT2D eigenvalue weighted by atomic mass is 16.5. The van der Waals surface area contributed by atoms with Gasteiger partial charge in [-0.2, -0.15) is 0 Å². The summed E-state index contributed by atoms with van der Waals surface area (Å²) < 4.78 is 5.67. The highest BCUT2D eigenvalue weighted by Gasteiger charge is 2.49. The van der Waals surface area contributed by atoms with E-state index in [1.165, 1.54) is 0 Å². The number of amides is 1. The maximum absolute atomic E-state index is 12.3. The second kappa shape index (κ2) is 5.81. The van der Waals surface area contributed by atoms with Crippen molar-refractivity contribution in [3.63, 3.8) is 0 Å². The van der Waals surface area contributed by atoms with Crippen molar-refractivity contribution in [1.29, 1.82) is 0 Å². The van der Waals surface area contributed by atoms with Gasteiger partial charge in [0.1, 0.15) is 0 Å². The minimum absolute atomic E-state index is 0.0449. The van der Waals surface area contributed by atoms with Crippen molar-refractivity contribution in [2.45, 2.75) is 39.3 Å². The molecule has 1 aromatic rings. The summed E-state index contributed by atoms with van der Waals surface area (Å²) >= 11 is 0.